The molecule has 98 valence electrons. The highest BCUT2D eigenvalue weighted by atomic mass is 35.5. The molecule has 0 unspecified atom stereocenters. The van der Waals surface area contributed by atoms with Crippen molar-refractivity contribution in [2.45, 2.75) is 6.42 Å². The SMILES string of the molecule is O=C(COc1c(F)cccc1Cl)Cc1ccccc1. The third-order valence-corrected chi connectivity index (χ3v) is 2.84. The molecule has 0 heterocycles. The summed E-state index contributed by atoms with van der Waals surface area (Å²) in [5.41, 5.74) is 0.899. The zero-order valence-electron chi connectivity index (χ0n) is 10.1. The van der Waals surface area contributed by atoms with Crippen LogP contribution in [0.2, 0.25) is 5.02 Å². The summed E-state index contributed by atoms with van der Waals surface area (Å²) in [5.74, 6) is -0.781. The van der Waals surface area contributed by atoms with Crippen LogP contribution in [0.4, 0.5) is 4.39 Å². The van der Waals surface area contributed by atoms with Crippen molar-refractivity contribution in [1.29, 1.82) is 0 Å². The molecule has 2 aromatic carbocycles. The molecule has 0 aliphatic heterocycles. The number of halogens is 2. The summed E-state index contributed by atoms with van der Waals surface area (Å²) in [6, 6.07) is 13.5. The smallest absolute Gasteiger partial charge is 0.174 e. The number of hydrogen-bond donors (Lipinski definition) is 0. The van der Waals surface area contributed by atoms with Crippen LogP contribution in [0.25, 0.3) is 0 Å². The van der Waals surface area contributed by atoms with Gasteiger partial charge in [-0.05, 0) is 17.7 Å². The van der Waals surface area contributed by atoms with Gasteiger partial charge in [-0.1, -0.05) is 48.0 Å². The van der Waals surface area contributed by atoms with E-state index in [4.69, 9.17) is 16.3 Å². The molecule has 2 aromatic rings. The molecule has 19 heavy (non-hydrogen) atoms. The summed E-state index contributed by atoms with van der Waals surface area (Å²) in [4.78, 5) is 11.7. The van der Waals surface area contributed by atoms with Crippen molar-refractivity contribution in [2.75, 3.05) is 6.61 Å². The quantitative estimate of drug-likeness (QED) is 0.834. The van der Waals surface area contributed by atoms with E-state index >= 15 is 0 Å². The lowest BCUT2D eigenvalue weighted by Gasteiger charge is -2.08. The summed E-state index contributed by atoms with van der Waals surface area (Å²) in [6.45, 7) is -0.199. The van der Waals surface area contributed by atoms with Gasteiger partial charge in [-0.15, -0.1) is 0 Å². The molecule has 0 bridgehead atoms. The Balaban J connectivity index is 1.94. The minimum absolute atomic E-state index is 0.0782. The highest BCUT2D eigenvalue weighted by molar-refractivity contribution is 6.32. The number of carbonyl (C=O) groups is 1. The zero-order chi connectivity index (χ0) is 13.7. The van der Waals surface area contributed by atoms with Crippen molar-refractivity contribution in [1.82, 2.24) is 0 Å². The van der Waals surface area contributed by atoms with E-state index in [0.29, 0.717) is 0 Å². The van der Waals surface area contributed by atoms with Crippen molar-refractivity contribution in [3.05, 3.63) is 64.9 Å². The van der Waals surface area contributed by atoms with E-state index in [9.17, 15) is 9.18 Å². The fourth-order valence-corrected chi connectivity index (χ4v) is 1.87. The molecule has 2 rings (SSSR count). The van der Waals surface area contributed by atoms with E-state index in [1.165, 1.54) is 18.2 Å². The van der Waals surface area contributed by atoms with Crippen LogP contribution in [0.1, 0.15) is 5.56 Å². The summed E-state index contributed by atoms with van der Waals surface area (Å²) in [7, 11) is 0. The molecule has 0 atom stereocenters. The Bertz CT molecular complexity index is 549. The van der Waals surface area contributed by atoms with E-state index in [1.54, 1.807) is 0 Å². The number of rotatable bonds is 5. The lowest BCUT2D eigenvalue weighted by Crippen LogP contribution is -2.14. The average molecular weight is 279 g/mol. The van der Waals surface area contributed by atoms with Gasteiger partial charge >= 0.3 is 0 Å². The Hall–Kier alpha value is -1.87. The second-order valence-electron chi connectivity index (χ2n) is 4.04. The lowest BCUT2D eigenvalue weighted by atomic mass is 10.1. The Labute approximate surface area is 115 Å². The van der Waals surface area contributed by atoms with Crippen LogP contribution >= 0.6 is 11.6 Å². The van der Waals surface area contributed by atoms with Crippen LogP contribution in [0.15, 0.2) is 48.5 Å². The normalized spacial score (nSPS) is 10.2. The van der Waals surface area contributed by atoms with E-state index in [0.717, 1.165) is 5.56 Å². The van der Waals surface area contributed by atoms with Crippen LogP contribution in [0, 0.1) is 5.82 Å². The zero-order valence-corrected chi connectivity index (χ0v) is 10.9. The van der Waals surface area contributed by atoms with Gasteiger partial charge < -0.3 is 4.74 Å². The predicted octanol–water partition coefficient (Wildman–Crippen LogP) is 3.67. The third-order valence-electron chi connectivity index (χ3n) is 2.54. The number of ketones is 1. The van der Waals surface area contributed by atoms with Crippen LogP contribution < -0.4 is 4.74 Å². The Morgan fingerprint density at radius 1 is 1.11 bits per heavy atom. The van der Waals surface area contributed by atoms with Gasteiger partial charge in [0.25, 0.3) is 0 Å². The number of benzene rings is 2. The molecule has 0 amide bonds. The van der Waals surface area contributed by atoms with Crippen molar-refractivity contribution in [2.24, 2.45) is 0 Å². The first-order valence-electron chi connectivity index (χ1n) is 5.79. The minimum atomic E-state index is -0.569. The highest BCUT2D eigenvalue weighted by Crippen LogP contribution is 2.27. The summed E-state index contributed by atoms with van der Waals surface area (Å²) in [6.07, 6.45) is 0.257. The maximum Gasteiger partial charge on any atom is 0.174 e. The molecule has 0 aromatic heterocycles. The molecule has 0 saturated carbocycles. The van der Waals surface area contributed by atoms with E-state index in [2.05, 4.69) is 0 Å². The summed E-state index contributed by atoms with van der Waals surface area (Å²) >= 11 is 5.80. The Morgan fingerprint density at radius 2 is 1.84 bits per heavy atom. The predicted molar refractivity (Wildman–Crippen MR) is 72.1 cm³/mol. The first kappa shape index (κ1) is 13.6. The molecule has 0 N–H and O–H groups in total. The molecule has 0 radical (unpaired) electrons. The van der Waals surface area contributed by atoms with Gasteiger partial charge in [0.05, 0.1) is 5.02 Å². The molecule has 4 heteroatoms. The molecule has 0 aliphatic carbocycles. The monoisotopic (exact) mass is 278 g/mol. The van der Waals surface area contributed by atoms with Crippen molar-refractivity contribution in [3.8, 4) is 5.75 Å². The molecule has 0 spiro atoms. The van der Waals surface area contributed by atoms with Crippen molar-refractivity contribution in [3.63, 3.8) is 0 Å². The van der Waals surface area contributed by atoms with Crippen LogP contribution in [-0.4, -0.2) is 12.4 Å². The Morgan fingerprint density at radius 3 is 2.53 bits per heavy atom. The number of carbonyl (C=O) groups excluding carboxylic acids is 1. The molecule has 0 aliphatic rings. The van der Waals surface area contributed by atoms with Crippen LogP contribution in [-0.2, 0) is 11.2 Å². The second kappa shape index (κ2) is 6.34. The Kier molecular flexibility index (Phi) is 4.53. The van der Waals surface area contributed by atoms with Gasteiger partial charge in [0.2, 0.25) is 0 Å². The second-order valence-corrected chi connectivity index (χ2v) is 4.45. The molecule has 2 nitrogen and oxygen atoms in total. The maximum absolute atomic E-state index is 13.4. The van der Waals surface area contributed by atoms with Gasteiger partial charge in [0.15, 0.2) is 17.3 Å². The maximum atomic E-state index is 13.4. The number of ether oxygens (including phenoxy) is 1. The fraction of sp³-hybridized carbons (Fsp3) is 0.133. The first-order valence-corrected chi connectivity index (χ1v) is 6.17. The molecular formula is C15H12ClFO2. The minimum Gasteiger partial charge on any atom is -0.481 e. The van der Waals surface area contributed by atoms with Crippen LogP contribution in [0.3, 0.4) is 0 Å². The van der Waals surface area contributed by atoms with Gasteiger partial charge in [0, 0.05) is 6.42 Å². The van der Waals surface area contributed by atoms with E-state index in [1.807, 2.05) is 30.3 Å². The largest absolute Gasteiger partial charge is 0.481 e. The standard InChI is InChI=1S/C15H12ClFO2/c16-13-7-4-8-14(17)15(13)19-10-12(18)9-11-5-2-1-3-6-11/h1-8H,9-10H2. The number of hydrogen-bond acceptors (Lipinski definition) is 2. The fourth-order valence-electron chi connectivity index (χ4n) is 1.65. The number of para-hydroxylation sites is 1. The van der Waals surface area contributed by atoms with Crippen molar-refractivity contribution >= 4 is 17.4 Å². The van der Waals surface area contributed by atoms with E-state index in [-0.39, 0.29) is 29.6 Å². The highest BCUT2D eigenvalue weighted by Gasteiger charge is 2.11. The van der Waals surface area contributed by atoms with Gasteiger partial charge in [-0.25, -0.2) is 4.39 Å². The molecule has 0 saturated heterocycles. The van der Waals surface area contributed by atoms with Crippen molar-refractivity contribution < 1.29 is 13.9 Å². The molecular weight excluding hydrogens is 267 g/mol. The van der Waals surface area contributed by atoms with E-state index < -0.39 is 5.82 Å². The summed E-state index contributed by atoms with van der Waals surface area (Å²) < 4.78 is 18.6. The van der Waals surface area contributed by atoms with Gasteiger partial charge in [0.1, 0.15) is 6.61 Å². The van der Waals surface area contributed by atoms with Crippen LogP contribution in [0.5, 0.6) is 5.75 Å². The number of Topliss-reactive ketones (excluding diaryl/α,β-unsaturated/α-hetero) is 1. The van der Waals surface area contributed by atoms with Gasteiger partial charge in [-0.3, -0.25) is 4.79 Å². The first-order chi connectivity index (χ1) is 9.16. The summed E-state index contributed by atoms with van der Waals surface area (Å²) in [5, 5.41) is 0.160. The topological polar surface area (TPSA) is 26.3 Å². The third kappa shape index (κ3) is 3.80. The lowest BCUT2D eigenvalue weighted by molar-refractivity contribution is -0.120. The van der Waals surface area contributed by atoms with Gasteiger partial charge in [-0.2, -0.15) is 0 Å². The molecule has 0 fully saturated rings. The average Bonchev–Trinajstić information content (AvgIpc) is 2.39.